The second-order valence-corrected chi connectivity index (χ2v) is 4.77. The number of alkyl halides is 1. The molecule has 0 amide bonds. The van der Waals surface area contributed by atoms with Gasteiger partial charge in [0.1, 0.15) is 5.75 Å². The predicted octanol–water partition coefficient (Wildman–Crippen LogP) is 4.34. The molecule has 82 valence electrons. The van der Waals surface area contributed by atoms with Crippen molar-refractivity contribution < 1.29 is 4.74 Å². The van der Waals surface area contributed by atoms with Gasteiger partial charge in [0.2, 0.25) is 0 Å². The number of ether oxygens (including phenoxy) is 1. The molecule has 3 heteroatoms. The summed E-state index contributed by atoms with van der Waals surface area (Å²) in [6, 6.07) is 6.16. The van der Waals surface area contributed by atoms with Gasteiger partial charge in [-0.25, -0.2) is 0 Å². The Morgan fingerprint density at radius 1 is 1.33 bits per heavy atom. The summed E-state index contributed by atoms with van der Waals surface area (Å²) in [5, 5.41) is 1.02. The first-order chi connectivity index (χ1) is 7.27. The third-order valence-electron chi connectivity index (χ3n) is 2.01. The predicted molar refractivity (Wildman–Crippen MR) is 71.9 cm³/mol. The van der Waals surface area contributed by atoms with Crippen molar-refractivity contribution in [2.45, 2.75) is 12.8 Å². The van der Waals surface area contributed by atoms with Crippen LogP contribution in [0.1, 0.15) is 12.0 Å². The zero-order valence-electron chi connectivity index (χ0n) is 8.67. The van der Waals surface area contributed by atoms with Crippen molar-refractivity contribution in [1.29, 1.82) is 0 Å². The number of methoxy groups -OCH3 is 1. The van der Waals surface area contributed by atoms with E-state index in [-0.39, 0.29) is 0 Å². The fourth-order valence-corrected chi connectivity index (χ4v) is 2.09. The molecule has 0 spiro atoms. The van der Waals surface area contributed by atoms with E-state index in [1.807, 2.05) is 6.07 Å². The second kappa shape index (κ2) is 7.07. The summed E-state index contributed by atoms with van der Waals surface area (Å²) < 4.78 is 6.18. The van der Waals surface area contributed by atoms with Crippen LogP contribution in [0.2, 0.25) is 0 Å². The van der Waals surface area contributed by atoms with Crippen LogP contribution in [0.3, 0.4) is 0 Å². The average Bonchev–Trinajstić information content (AvgIpc) is 2.25. The first-order valence-corrected chi connectivity index (χ1v) is 6.72. The number of rotatable bonds is 5. The molecule has 0 heterocycles. The second-order valence-electron chi connectivity index (χ2n) is 3.12. The summed E-state index contributed by atoms with van der Waals surface area (Å²) in [5.41, 5.74) is 1.29. The van der Waals surface area contributed by atoms with E-state index in [2.05, 4.69) is 56.1 Å². The Kier molecular flexibility index (Phi) is 6.03. The molecule has 0 fully saturated rings. The molecule has 1 aromatic carbocycles. The molecule has 0 saturated carbocycles. The van der Waals surface area contributed by atoms with E-state index in [4.69, 9.17) is 4.74 Å². The molecule has 0 aliphatic heterocycles. The van der Waals surface area contributed by atoms with Gasteiger partial charge in [0.25, 0.3) is 0 Å². The number of benzene rings is 1. The van der Waals surface area contributed by atoms with Gasteiger partial charge in [0, 0.05) is 5.33 Å². The third kappa shape index (κ3) is 4.39. The maximum atomic E-state index is 5.17. The molecule has 0 bridgehead atoms. The number of hydrogen-bond acceptors (Lipinski definition) is 1. The standard InChI is InChI=1S/C12H14Br2O/c1-15-12-7-6-10(9-11(12)14)5-3-2-4-8-13/h2-3,6-7,9H,4-5,8H2,1H3. The molecule has 1 rings (SSSR count). The van der Waals surface area contributed by atoms with Gasteiger partial charge in [-0.05, 0) is 46.5 Å². The summed E-state index contributed by atoms with van der Waals surface area (Å²) in [6.45, 7) is 0. The molecule has 0 aliphatic rings. The highest BCUT2D eigenvalue weighted by Gasteiger charge is 1.99. The van der Waals surface area contributed by atoms with Crippen molar-refractivity contribution in [2.24, 2.45) is 0 Å². The summed E-state index contributed by atoms with van der Waals surface area (Å²) in [4.78, 5) is 0. The zero-order valence-corrected chi connectivity index (χ0v) is 11.8. The molecule has 15 heavy (non-hydrogen) atoms. The van der Waals surface area contributed by atoms with Gasteiger partial charge in [0.15, 0.2) is 0 Å². The maximum absolute atomic E-state index is 5.17. The summed E-state index contributed by atoms with van der Waals surface area (Å²) >= 11 is 6.86. The Bertz CT molecular complexity index is 334. The molecule has 0 unspecified atom stereocenters. The van der Waals surface area contributed by atoms with Gasteiger partial charge < -0.3 is 4.74 Å². The van der Waals surface area contributed by atoms with Gasteiger partial charge >= 0.3 is 0 Å². The van der Waals surface area contributed by atoms with Crippen LogP contribution in [0, 0.1) is 0 Å². The Morgan fingerprint density at radius 2 is 2.13 bits per heavy atom. The van der Waals surface area contributed by atoms with Crippen molar-refractivity contribution >= 4 is 31.9 Å². The Labute approximate surface area is 108 Å². The highest BCUT2D eigenvalue weighted by atomic mass is 79.9. The number of allylic oxidation sites excluding steroid dienone is 2. The highest BCUT2D eigenvalue weighted by Crippen LogP contribution is 2.25. The average molecular weight is 334 g/mol. The van der Waals surface area contributed by atoms with Crippen molar-refractivity contribution in [3.63, 3.8) is 0 Å². The Hall–Kier alpha value is -0.280. The number of hydrogen-bond donors (Lipinski definition) is 0. The lowest BCUT2D eigenvalue weighted by molar-refractivity contribution is 0.412. The largest absolute Gasteiger partial charge is 0.496 e. The van der Waals surface area contributed by atoms with Crippen LogP contribution >= 0.6 is 31.9 Å². The Morgan fingerprint density at radius 3 is 2.73 bits per heavy atom. The first kappa shape index (κ1) is 12.8. The minimum absolute atomic E-state index is 0.878. The lowest BCUT2D eigenvalue weighted by Gasteiger charge is -2.04. The first-order valence-electron chi connectivity index (χ1n) is 4.81. The van der Waals surface area contributed by atoms with Crippen molar-refractivity contribution in [3.05, 3.63) is 40.4 Å². The topological polar surface area (TPSA) is 9.23 Å². The van der Waals surface area contributed by atoms with Gasteiger partial charge in [-0.3, -0.25) is 0 Å². The van der Waals surface area contributed by atoms with Gasteiger partial charge in [-0.1, -0.05) is 34.1 Å². The van der Waals surface area contributed by atoms with E-state index in [1.54, 1.807) is 7.11 Å². The molecular weight excluding hydrogens is 320 g/mol. The van der Waals surface area contributed by atoms with Crippen LogP contribution in [0.4, 0.5) is 0 Å². The molecule has 0 saturated heterocycles. The quantitative estimate of drug-likeness (QED) is 0.575. The SMILES string of the molecule is COc1ccc(CC=CCCBr)cc1Br. The lowest BCUT2D eigenvalue weighted by atomic mass is 10.1. The van der Waals surface area contributed by atoms with Gasteiger partial charge in [-0.15, -0.1) is 0 Å². The van der Waals surface area contributed by atoms with E-state index in [0.717, 1.165) is 28.4 Å². The molecule has 0 radical (unpaired) electrons. The van der Waals surface area contributed by atoms with Gasteiger partial charge in [0.05, 0.1) is 11.6 Å². The maximum Gasteiger partial charge on any atom is 0.133 e. The fourth-order valence-electron chi connectivity index (χ4n) is 1.24. The fraction of sp³-hybridized carbons (Fsp3) is 0.333. The summed E-state index contributed by atoms with van der Waals surface area (Å²) in [5.74, 6) is 0.878. The van der Waals surface area contributed by atoms with Crippen molar-refractivity contribution in [3.8, 4) is 5.75 Å². The molecule has 1 aromatic rings. The minimum atomic E-state index is 0.878. The molecule has 0 N–H and O–H groups in total. The third-order valence-corrected chi connectivity index (χ3v) is 3.09. The van der Waals surface area contributed by atoms with E-state index >= 15 is 0 Å². The molecule has 0 aromatic heterocycles. The zero-order chi connectivity index (χ0) is 11.1. The van der Waals surface area contributed by atoms with E-state index in [9.17, 15) is 0 Å². The monoisotopic (exact) mass is 332 g/mol. The van der Waals surface area contributed by atoms with Crippen LogP contribution in [-0.4, -0.2) is 12.4 Å². The summed E-state index contributed by atoms with van der Waals surface area (Å²) in [7, 11) is 1.68. The van der Waals surface area contributed by atoms with Crippen LogP contribution in [0.15, 0.2) is 34.8 Å². The molecule has 0 atom stereocenters. The van der Waals surface area contributed by atoms with E-state index < -0.39 is 0 Å². The number of halogens is 2. The lowest BCUT2D eigenvalue weighted by Crippen LogP contribution is -1.87. The van der Waals surface area contributed by atoms with Crippen LogP contribution in [0.25, 0.3) is 0 Å². The smallest absolute Gasteiger partial charge is 0.133 e. The van der Waals surface area contributed by atoms with E-state index in [1.165, 1.54) is 5.56 Å². The molecule has 0 aliphatic carbocycles. The van der Waals surface area contributed by atoms with Crippen molar-refractivity contribution in [2.75, 3.05) is 12.4 Å². The van der Waals surface area contributed by atoms with Crippen LogP contribution in [-0.2, 0) is 6.42 Å². The minimum Gasteiger partial charge on any atom is -0.496 e. The Balaban J connectivity index is 2.59. The van der Waals surface area contributed by atoms with Crippen LogP contribution < -0.4 is 4.74 Å². The van der Waals surface area contributed by atoms with Crippen LogP contribution in [0.5, 0.6) is 5.75 Å². The van der Waals surface area contributed by atoms with E-state index in [0.29, 0.717) is 0 Å². The molecule has 1 nitrogen and oxygen atoms in total. The normalized spacial score (nSPS) is 10.9. The highest BCUT2D eigenvalue weighted by molar-refractivity contribution is 9.10. The summed E-state index contributed by atoms with van der Waals surface area (Å²) in [6.07, 6.45) is 6.43. The van der Waals surface area contributed by atoms with Gasteiger partial charge in [-0.2, -0.15) is 0 Å². The molecular formula is C12H14Br2O. The van der Waals surface area contributed by atoms with Crippen molar-refractivity contribution in [1.82, 2.24) is 0 Å².